The normalized spacial score (nSPS) is 10.4. The van der Waals surface area contributed by atoms with E-state index in [0.29, 0.717) is 11.1 Å². The molecule has 0 radical (unpaired) electrons. The maximum Gasteiger partial charge on any atom is 0.146 e. The van der Waals surface area contributed by atoms with E-state index in [0.717, 1.165) is 0 Å². The summed E-state index contributed by atoms with van der Waals surface area (Å²) < 4.78 is 26.1. The number of halogens is 3. The van der Waals surface area contributed by atoms with E-state index >= 15 is 0 Å². The Hall–Kier alpha value is -1.61. The van der Waals surface area contributed by atoms with Crippen LogP contribution >= 0.6 is 11.6 Å². The lowest BCUT2D eigenvalue weighted by Gasteiger charge is -2.08. The summed E-state index contributed by atoms with van der Waals surface area (Å²) in [5, 5.41) is 0.206. The van der Waals surface area contributed by atoms with Crippen molar-refractivity contribution < 1.29 is 8.78 Å². The van der Waals surface area contributed by atoms with Gasteiger partial charge in [0.1, 0.15) is 11.6 Å². The third-order valence-electron chi connectivity index (χ3n) is 2.27. The Morgan fingerprint density at radius 3 is 2.44 bits per heavy atom. The van der Waals surface area contributed by atoms with Crippen molar-refractivity contribution in [1.29, 1.82) is 0 Å². The van der Waals surface area contributed by atoms with Crippen molar-refractivity contribution in [2.75, 3.05) is 5.73 Å². The molecule has 0 fully saturated rings. The van der Waals surface area contributed by atoms with Crippen molar-refractivity contribution in [2.45, 2.75) is 0 Å². The Labute approximate surface area is 96.5 Å². The molecule has 82 valence electrons. The molecule has 0 atom stereocenters. The fraction of sp³-hybridized carbons (Fsp3) is 0. The second kappa shape index (κ2) is 4.10. The molecule has 2 aromatic rings. The topological polar surface area (TPSA) is 26.0 Å². The monoisotopic (exact) mass is 239 g/mol. The van der Waals surface area contributed by atoms with Crippen LogP contribution in [0.5, 0.6) is 0 Å². The molecule has 0 heterocycles. The second-order valence-corrected chi connectivity index (χ2v) is 3.73. The molecular formula is C12H8ClF2N. The van der Waals surface area contributed by atoms with Crippen LogP contribution < -0.4 is 5.73 Å². The number of rotatable bonds is 1. The summed E-state index contributed by atoms with van der Waals surface area (Å²) in [4.78, 5) is 0. The van der Waals surface area contributed by atoms with Gasteiger partial charge in [-0.1, -0.05) is 23.7 Å². The van der Waals surface area contributed by atoms with Crippen LogP contribution in [0.15, 0.2) is 36.4 Å². The number of nitrogen functional groups attached to an aromatic ring is 1. The van der Waals surface area contributed by atoms with Crippen molar-refractivity contribution in [3.8, 4) is 11.1 Å². The van der Waals surface area contributed by atoms with Crippen molar-refractivity contribution in [2.24, 2.45) is 0 Å². The first kappa shape index (κ1) is 10.9. The number of hydrogen-bond acceptors (Lipinski definition) is 1. The summed E-state index contributed by atoms with van der Waals surface area (Å²) in [7, 11) is 0. The lowest BCUT2D eigenvalue weighted by atomic mass is 10.0. The van der Waals surface area contributed by atoms with Gasteiger partial charge in [-0.25, -0.2) is 8.78 Å². The molecule has 0 bridgehead atoms. The lowest BCUT2D eigenvalue weighted by Crippen LogP contribution is -1.94. The van der Waals surface area contributed by atoms with Crippen LogP contribution in [0.4, 0.5) is 14.5 Å². The van der Waals surface area contributed by atoms with E-state index in [1.54, 1.807) is 6.07 Å². The molecular weight excluding hydrogens is 232 g/mol. The highest BCUT2D eigenvalue weighted by Gasteiger charge is 2.10. The van der Waals surface area contributed by atoms with Crippen LogP contribution in [0, 0.1) is 11.6 Å². The van der Waals surface area contributed by atoms with E-state index < -0.39 is 11.6 Å². The highest BCUT2D eigenvalue weighted by molar-refractivity contribution is 6.33. The van der Waals surface area contributed by atoms with Crippen molar-refractivity contribution in [1.82, 2.24) is 0 Å². The van der Waals surface area contributed by atoms with Gasteiger partial charge in [0.25, 0.3) is 0 Å². The molecule has 0 aliphatic rings. The first-order valence-corrected chi connectivity index (χ1v) is 4.97. The minimum absolute atomic E-state index is 0.0102. The number of hydrogen-bond donors (Lipinski definition) is 1. The summed E-state index contributed by atoms with van der Waals surface area (Å²) in [5.41, 5.74) is 6.58. The summed E-state index contributed by atoms with van der Waals surface area (Å²) >= 11 is 5.87. The molecule has 16 heavy (non-hydrogen) atoms. The highest BCUT2D eigenvalue weighted by Crippen LogP contribution is 2.33. The summed E-state index contributed by atoms with van der Waals surface area (Å²) in [6.07, 6.45) is 0. The molecule has 0 aliphatic carbocycles. The summed E-state index contributed by atoms with van der Waals surface area (Å²) in [6.45, 7) is 0. The van der Waals surface area contributed by atoms with Crippen LogP contribution in [-0.2, 0) is 0 Å². The van der Waals surface area contributed by atoms with E-state index in [4.69, 9.17) is 17.3 Å². The fourth-order valence-corrected chi connectivity index (χ4v) is 1.75. The number of nitrogens with two attached hydrogens (primary N) is 1. The third kappa shape index (κ3) is 1.86. The number of benzene rings is 2. The molecule has 0 aromatic heterocycles. The van der Waals surface area contributed by atoms with Gasteiger partial charge < -0.3 is 5.73 Å². The maximum absolute atomic E-state index is 13.2. The van der Waals surface area contributed by atoms with Gasteiger partial charge in [0, 0.05) is 11.1 Å². The fourth-order valence-electron chi connectivity index (χ4n) is 1.48. The van der Waals surface area contributed by atoms with Crippen molar-refractivity contribution >= 4 is 17.3 Å². The Bertz CT molecular complexity index is 541. The number of para-hydroxylation sites is 1. The summed E-state index contributed by atoms with van der Waals surface area (Å²) in [6, 6.07) is 8.32. The largest absolute Gasteiger partial charge is 0.396 e. The van der Waals surface area contributed by atoms with E-state index in [1.807, 2.05) is 0 Å². The van der Waals surface area contributed by atoms with Gasteiger partial charge in [-0.2, -0.15) is 0 Å². The van der Waals surface area contributed by atoms with E-state index in [-0.39, 0.29) is 10.7 Å². The van der Waals surface area contributed by atoms with Gasteiger partial charge in [0.2, 0.25) is 0 Å². The number of anilines is 1. The second-order valence-electron chi connectivity index (χ2n) is 3.33. The van der Waals surface area contributed by atoms with E-state index in [1.165, 1.54) is 30.3 Å². The van der Waals surface area contributed by atoms with Crippen LogP contribution in [0.1, 0.15) is 0 Å². The molecule has 0 amide bonds. The van der Waals surface area contributed by atoms with Gasteiger partial charge in [-0.05, 0) is 24.3 Å². The van der Waals surface area contributed by atoms with Gasteiger partial charge >= 0.3 is 0 Å². The molecule has 2 N–H and O–H groups in total. The van der Waals surface area contributed by atoms with Gasteiger partial charge in [0.05, 0.1) is 10.7 Å². The maximum atomic E-state index is 13.2. The molecule has 2 rings (SSSR count). The molecule has 0 spiro atoms. The Morgan fingerprint density at radius 2 is 1.75 bits per heavy atom. The Morgan fingerprint density at radius 1 is 1.00 bits per heavy atom. The molecule has 0 saturated heterocycles. The van der Waals surface area contributed by atoms with Gasteiger partial charge in [0.15, 0.2) is 0 Å². The van der Waals surface area contributed by atoms with Crippen molar-refractivity contribution in [3.63, 3.8) is 0 Å². The zero-order chi connectivity index (χ0) is 11.7. The smallest absolute Gasteiger partial charge is 0.146 e. The molecule has 1 nitrogen and oxygen atoms in total. The van der Waals surface area contributed by atoms with Crippen LogP contribution in [-0.4, -0.2) is 0 Å². The average molecular weight is 240 g/mol. The first-order valence-electron chi connectivity index (χ1n) is 4.59. The molecule has 0 unspecified atom stereocenters. The van der Waals surface area contributed by atoms with Crippen LogP contribution in [0.3, 0.4) is 0 Å². The molecule has 0 aliphatic heterocycles. The molecule has 4 heteroatoms. The van der Waals surface area contributed by atoms with Crippen LogP contribution in [0.2, 0.25) is 5.02 Å². The Kier molecular flexibility index (Phi) is 2.79. The first-order chi connectivity index (χ1) is 7.59. The minimum Gasteiger partial charge on any atom is -0.396 e. The predicted molar refractivity (Wildman–Crippen MR) is 61.2 cm³/mol. The van der Waals surface area contributed by atoms with E-state index in [2.05, 4.69) is 0 Å². The van der Waals surface area contributed by atoms with E-state index in [9.17, 15) is 8.78 Å². The standard InChI is InChI=1S/C12H8ClF2N/c13-10-6-7(14)4-5-8(10)9-2-1-3-11(15)12(9)16/h1-6H,16H2. The predicted octanol–water partition coefficient (Wildman–Crippen LogP) is 3.87. The zero-order valence-electron chi connectivity index (χ0n) is 8.18. The summed E-state index contributed by atoms with van der Waals surface area (Å²) in [5.74, 6) is -0.957. The van der Waals surface area contributed by atoms with Crippen molar-refractivity contribution in [3.05, 3.63) is 53.1 Å². The van der Waals surface area contributed by atoms with Crippen LogP contribution in [0.25, 0.3) is 11.1 Å². The zero-order valence-corrected chi connectivity index (χ0v) is 8.93. The quantitative estimate of drug-likeness (QED) is 0.751. The Balaban J connectivity index is 2.63. The lowest BCUT2D eigenvalue weighted by molar-refractivity contribution is 0.628. The SMILES string of the molecule is Nc1c(F)cccc1-c1ccc(F)cc1Cl. The van der Waals surface area contributed by atoms with Gasteiger partial charge in [-0.3, -0.25) is 0 Å². The third-order valence-corrected chi connectivity index (χ3v) is 2.59. The van der Waals surface area contributed by atoms with Gasteiger partial charge in [-0.15, -0.1) is 0 Å². The molecule has 2 aromatic carbocycles. The average Bonchev–Trinajstić information content (AvgIpc) is 2.23. The molecule has 0 saturated carbocycles. The minimum atomic E-state index is -0.516. The highest BCUT2D eigenvalue weighted by atomic mass is 35.5.